The number of hydrogen-bond donors (Lipinski definition) is 0. The van der Waals surface area contributed by atoms with Crippen LogP contribution in [0.1, 0.15) is 12.0 Å². The van der Waals surface area contributed by atoms with Crippen molar-refractivity contribution in [1.82, 2.24) is 4.31 Å². The summed E-state index contributed by atoms with van der Waals surface area (Å²) in [6.45, 7) is 0.126. The third kappa shape index (κ3) is 2.27. The van der Waals surface area contributed by atoms with Crippen LogP contribution in [-0.2, 0) is 21.4 Å². The summed E-state index contributed by atoms with van der Waals surface area (Å²) >= 11 is 3.30. The number of hydrogen-bond acceptors (Lipinski definition) is 3. The van der Waals surface area contributed by atoms with Crippen LogP contribution in [0.3, 0.4) is 0 Å². The summed E-state index contributed by atoms with van der Waals surface area (Å²) in [4.78, 5) is 11.4. The third-order valence-electron chi connectivity index (χ3n) is 2.40. The van der Waals surface area contributed by atoms with E-state index in [1.165, 1.54) is 0 Å². The summed E-state index contributed by atoms with van der Waals surface area (Å²) in [7, 11) is -3.38. The maximum absolute atomic E-state index is 11.6. The minimum Gasteiger partial charge on any atom is -0.274 e. The van der Waals surface area contributed by atoms with Crippen molar-refractivity contribution in [2.75, 3.05) is 5.75 Å². The Balaban J connectivity index is 2.25. The van der Waals surface area contributed by atoms with Gasteiger partial charge in [-0.25, -0.2) is 12.7 Å². The first kappa shape index (κ1) is 11.6. The normalized spacial score (nSPS) is 19.1. The van der Waals surface area contributed by atoms with Gasteiger partial charge in [0.15, 0.2) is 0 Å². The topological polar surface area (TPSA) is 54.5 Å². The van der Waals surface area contributed by atoms with Crippen LogP contribution in [0.5, 0.6) is 0 Å². The number of carbonyl (C=O) groups excluding carboxylic acids is 1. The second-order valence-corrected chi connectivity index (χ2v) is 6.52. The first-order chi connectivity index (χ1) is 7.49. The van der Waals surface area contributed by atoms with Gasteiger partial charge >= 0.3 is 0 Å². The molecule has 16 heavy (non-hydrogen) atoms. The molecule has 1 aromatic carbocycles. The molecule has 0 aromatic heterocycles. The predicted octanol–water partition coefficient (Wildman–Crippen LogP) is 1.51. The number of carbonyl (C=O) groups is 1. The second-order valence-electron chi connectivity index (χ2n) is 3.60. The SMILES string of the molecule is O=C1CCS(=O)(=O)N1Cc1cccc(Br)c1. The van der Waals surface area contributed by atoms with E-state index in [2.05, 4.69) is 15.9 Å². The molecule has 1 fully saturated rings. The molecule has 1 aliphatic rings. The molecule has 1 aromatic rings. The number of benzene rings is 1. The average Bonchev–Trinajstić information content (AvgIpc) is 2.45. The van der Waals surface area contributed by atoms with Crippen molar-refractivity contribution in [2.24, 2.45) is 0 Å². The zero-order valence-corrected chi connectivity index (χ0v) is 10.8. The molecule has 0 atom stereocenters. The molecular weight excluding hydrogens is 294 g/mol. The first-order valence-corrected chi connectivity index (χ1v) is 7.17. The number of sulfonamides is 1. The highest BCUT2D eigenvalue weighted by Crippen LogP contribution is 2.20. The molecule has 0 unspecified atom stereocenters. The van der Waals surface area contributed by atoms with Crippen molar-refractivity contribution in [3.05, 3.63) is 34.3 Å². The predicted molar refractivity (Wildman–Crippen MR) is 63.1 cm³/mol. The maximum Gasteiger partial charge on any atom is 0.238 e. The van der Waals surface area contributed by atoms with Crippen LogP contribution in [0, 0.1) is 0 Å². The molecule has 0 saturated carbocycles. The molecule has 2 rings (SSSR count). The zero-order valence-electron chi connectivity index (χ0n) is 8.39. The van der Waals surface area contributed by atoms with Gasteiger partial charge in [-0.2, -0.15) is 0 Å². The molecule has 86 valence electrons. The third-order valence-corrected chi connectivity index (χ3v) is 4.62. The molecule has 0 N–H and O–H groups in total. The van der Waals surface area contributed by atoms with Gasteiger partial charge in [0.05, 0.1) is 12.3 Å². The Kier molecular flexibility index (Phi) is 3.03. The minimum absolute atomic E-state index is 0.0696. The Hall–Kier alpha value is -0.880. The van der Waals surface area contributed by atoms with Gasteiger partial charge in [0.2, 0.25) is 15.9 Å². The van der Waals surface area contributed by atoms with Gasteiger partial charge in [0.25, 0.3) is 0 Å². The molecule has 1 heterocycles. The monoisotopic (exact) mass is 303 g/mol. The lowest BCUT2D eigenvalue weighted by molar-refractivity contribution is -0.125. The van der Waals surface area contributed by atoms with Crippen molar-refractivity contribution < 1.29 is 13.2 Å². The fourth-order valence-electron chi connectivity index (χ4n) is 1.59. The van der Waals surface area contributed by atoms with Gasteiger partial charge in [0.1, 0.15) is 0 Å². The number of rotatable bonds is 2. The van der Waals surface area contributed by atoms with Gasteiger partial charge in [0, 0.05) is 10.9 Å². The highest BCUT2D eigenvalue weighted by molar-refractivity contribution is 9.10. The van der Waals surface area contributed by atoms with Crippen LogP contribution in [0.2, 0.25) is 0 Å². The van der Waals surface area contributed by atoms with Gasteiger partial charge in [-0.15, -0.1) is 0 Å². The highest BCUT2D eigenvalue weighted by atomic mass is 79.9. The Morgan fingerprint density at radius 3 is 2.69 bits per heavy atom. The molecule has 0 bridgehead atoms. The Bertz CT molecular complexity index is 527. The molecule has 0 spiro atoms. The molecule has 1 aliphatic heterocycles. The molecule has 4 nitrogen and oxygen atoms in total. The van der Waals surface area contributed by atoms with Crippen LogP contribution < -0.4 is 0 Å². The standard InChI is InChI=1S/C10H10BrNO3S/c11-9-3-1-2-8(6-9)7-12-10(13)4-5-16(12,14)15/h1-3,6H,4-5,7H2. The van der Waals surface area contributed by atoms with E-state index in [0.29, 0.717) is 0 Å². The van der Waals surface area contributed by atoms with E-state index in [0.717, 1.165) is 14.3 Å². The van der Waals surface area contributed by atoms with Gasteiger partial charge < -0.3 is 0 Å². The van der Waals surface area contributed by atoms with Crippen molar-refractivity contribution in [1.29, 1.82) is 0 Å². The quantitative estimate of drug-likeness (QED) is 0.832. The highest BCUT2D eigenvalue weighted by Gasteiger charge is 2.34. The fourth-order valence-corrected chi connectivity index (χ4v) is 3.44. The Morgan fingerprint density at radius 2 is 2.12 bits per heavy atom. The van der Waals surface area contributed by atoms with Crippen LogP contribution in [-0.4, -0.2) is 24.4 Å². The number of amides is 1. The maximum atomic E-state index is 11.6. The van der Waals surface area contributed by atoms with E-state index in [1.807, 2.05) is 12.1 Å². The van der Waals surface area contributed by atoms with Gasteiger partial charge in [-0.3, -0.25) is 4.79 Å². The van der Waals surface area contributed by atoms with Crippen molar-refractivity contribution >= 4 is 31.9 Å². The molecule has 6 heteroatoms. The van der Waals surface area contributed by atoms with Crippen molar-refractivity contribution in [2.45, 2.75) is 13.0 Å². The van der Waals surface area contributed by atoms with E-state index in [9.17, 15) is 13.2 Å². The summed E-state index contributed by atoms with van der Waals surface area (Å²) in [5.41, 5.74) is 0.799. The first-order valence-electron chi connectivity index (χ1n) is 4.77. The van der Waals surface area contributed by atoms with Crippen LogP contribution in [0.15, 0.2) is 28.7 Å². The molecule has 0 aliphatic carbocycles. The number of halogens is 1. The summed E-state index contributed by atoms with van der Waals surface area (Å²) in [6, 6.07) is 7.27. The molecule has 1 saturated heterocycles. The van der Waals surface area contributed by atoms with E-state index in [1.54, 1.807) is 12.1 Å². The van der Waals surface area contributed by atoms with Crippen LogP contribution >= 0.6 is 15.9 Å². The lowest BCUT2D eigenvalue weighted by Crippen LogP contribution is -2.28. The summed E-state index contributed by atoms with van der Waals surface area (Å²) < 4.78 is 24.9. The largest absolute Gasteiger partial charge is 0.274 e. The second kappa shape index (κ2) is 4.18. The Labute approximate surface area is 102 Å². The summed E-state index contributed by atoms with van der Waals surface area (Å²) in [5.74, 6) is -0.389. The average molecular weight is 304 g/mol. The lowest BCUT2D eigenvalue weighted by Gasteiger charge is -2.14. The molecule has 0 radical (unpaired) electrons. The smallest absolute Gasteiger partial charge is 0.238 e. The molecule has 1 amide bonds. The fraction of sp³-hybridized carbons (Fsp3) is 0.300. The summed E-state index contributed by atoms with van der Waals surface area (Å²) in [6.07, 6.45) is 0.0936. The van der Waals surface area contributed by atoms with Gasteiger partial charge in [-0.05, 0) is 17.7 Å². The number of nitrogens with zero attached hydrogens (tertiary/aromatic N) is 1. The summed E-state index contributed by atoms with van der Waals surface area (Å²) in [5, 5.41) is 0. The Morgan fingerprint density at radius 1 is 1.38 bits per heavy atom. The van der Waals surface area contributed by atoms with E-state index in [4.69, 9.17) is 0 Å². The van der Waals surface area contributed by atoms with Crippen molar-refractivity contribution in [3.63, 3.8) is 0 Å². The van der Waals surface area contributed by atoms with Crippen LogP contribution in [0.25, 0.3) is 0 Å². The minimum atomic E-state index is -3.38. The van der Waals surface area contributed by atoms with E-state index in [-0.39, 0.29) is 24.6 Å². The van der Waals surface area contributed by atoms with Gasteiger partial charge in [-0.1, -0.05) is 28.1 Å². The van der Waals surface area contributed by atoms with E-state index >= 15 is 0 Å². The molecular formula is C10H10BrNO3S. The van der Waals surface area contributed by atoms with Crippen molar-refractivity contribution in [3.8, 4) is 0 Å². The zero-order chi connectivity index (χ0) is 11.8. The van der Waals surface area contributed by atoms with E-state index < -0.39 is 10.0 Å². The van der Waals surface area contributed by atoms with Crippen LogP contribution in [0.4, 0.5) is 0 Å². The lowest BCUT2D eigenvalue weighted by atomic mass is 10.2.